The van der Waals surface area contributed by atoms with Gasteiger partial charge in [-0.3, -0.25) is 0 Å². The van der Waals surface area contributed by atoms with Crippen molar-refractivity contribution in [2.45, 2.75) is 0 Å². The largest absolute Gasteiger partial charge is 0.355 e. The third-order valence-electron chi connectivity index (χ3n) is 1.79. The van der Waals surface area contributed by atoms with Gasteiger partial charge >= 0.3 is 0 Å². The number of rotatable bonds is 5. The van der Waals surface area contributed by atoms with Crippen LogP contribution in [0.1, 0.15) is 0 Å². The molecule has 0 amide bonds. The van der Waals surface area contributed by atoms with Crippen LogP contribution < -0.4 is 10.0 Å². The quantitative estimate of drug-likeness (QED) is 0.690. The van der Waals surface area contributed by atoms with Crippen LogP contribution in [0.3, 0.4) is 0 Å². The van der Waals surface area contributed by atoms with Crippen molar-refractivity contribution < 1.29 is 8.42 Å². The fourth-order valence-electron chi connectivity index (χ4n) is 0.935. The highest BCUT2D eigenvalue weighted by molar-refractivity contribution is 7.89. The Labute approximate surface area is 83.4 Å². The minimum Gasteiger partial charge on any atom is -0.355 e. The standard InChI is InChI=1S/C7H14N4O2S/c1-8-14(12,13)6-4-10-7-9-3-5-11(7)2/h3,5,8H,4,6H2,1-2H3,(H,9,10). The van der Waals surface area contributed by atoms with E-state index in [2.05, 4.69) is 15.0 Å². The highest BCUT2D eigenvalue weighted by atomic mass is 32.2. The molecule has 0 aromatic carbocycles. The summed E-state index contributed by atoms with van der Waals surface area (Å²) in [5.74, 6) is 0.701. The first-order chi connectivity index (χ1) is 6.55. The molecule has 1 rings (SSSR count). The highest BCUT2D eigenvalue weighted by Gasteiger charge is 2.06. The molecule has 6 nitrogen and oxygen atoms in total. The molecule has 80 valence electrons. The predicted molar refractivity (Wildman–Crippen MR) is 54.5 cm³/mol. The van der Waals surface area contributed by atoms with E-state index in [0.29, 0.717) is 12.5 Å². The second kappa shape index (κ2) is 4.43. The zero-order valence-corrected chi connectivity index (χ0v) is 9.00. The van der Waals surface area contributed by atoms with E-state index in [9.17, 15) is 8.42 Å². The van der Waals surface area contributed by atoms with E-state index < -0.39 is 10.0 Å². The number of anilines is 1. The molecule has 0 aliphatic rings. The number of nitrogens with one attached hydrogen (secondary N) is 2. The van der Waals surface area contributed by atoms with E-state index in [1.807, 2.05) is 7.05 Å². The molecule has 0 unspecified atom stereocenters. The summed E-state index contributed by atoms with van der Waals surface area (Å²) in [4.78, 5) is 4.00. The minimum atomic E-state index is -3.14. The van der Waals surface area contributed by atoms with Crippen LogP contribution in [-0.4, -0.2) is 37.3 Å². The summed E-state index contributed by atoms with van der Waals surface area (Å²) in [6, 6.07) is 0. The van der Waals surface area contributed by atoms with Gasteiger partial charge in [0.1, 0.15) is 0 Å². The second-order valence-corrected chi connectivity index (χ2v) is 4.86. The summed E-state index contributed by atoms with van der Waals surface area (Å²) < 4.78 is 26.1. The van der Waals surface area contributed by atoms with Gasteiger partial charge in [-0.2, -0.15) is 0 Å². The summed E-state index contributed by atoms with van der Waals surface area (Å²) in [6.07, 6.45) is 3.43. The van der Waals surface area contributed by atoms with Gasteiger partial charge < -0.3 is 9.88 Å². The second-order valence-electron chi connectivity index (χ2n) is 2.81. The van der Waals surface area contributed by atoms with Gasteiger partial charge in [0.05, 0.1) is 5.75 Å². The number of hydrogen-bond donors (Lipinski definition) is 2. The number of aromatic nitrogens is 2. The van der Waals surface area contributed by atoms with Crippen molar-refractivity contribution in [1.29, 1.82) is 0 Å². The molecule has 2 N–H and O–H groups in total. The minimum absolute atomic E-state index is 0.0381. The van der Waals surface area contributed by atoms with Crippen molar-refractivity contribution in [3.05, 3.63) is 12.4 Å². The predicted octanol–water partition coefficient (Wildman–Crippen LogP) is -0.619. The highest BCUT2D eigenvalue weighted by Crippen LogP contribution is 1.99. The van der Waals surface area contributed by atoms with Crippen molar-refractivity contribution in [3.63, 3.8) is 0 Å². The molecule has 0 spiro atoms. The SMILES string of the molecule is CNS(=O)(=O)CCNc1nccn1C. The van der Waals surface area contributed by atoms with Crippen LogP contribution in [-0.2, 0) is 17.1 Å². The maximum absolute atomic E-state index is 11.0. The average molecular weight is 218 g/mol. The number of imidazole rings is 1. The smallest absolute Gasteiger partial charge is 0.213 e. The summed E-state index contributed by atoms with van der Waals surface area (Å²) in [5, 5.41) is 2.92. The first kappa shape index (κ1) is 11.0. The van der Waals surface area contributed by atoms with E-state index in [-0.39, 0.29) is 5.75 Å². The van der Waals surface area contributed by atoms with Gasteiger partial charge in [0.2, 0.25) is 16.0 Å². The van der Waals surface area contributed by atoms with Gasteiger partial charge in [0.25, 0.3) is 0 Å². The summed E-state index contributed by atoms with van der Waals surface area (Å²) in [7, 11) is 0.0990. The van der Waals surface area contributed by atoms with Crippen LogP contribution in [0.25, 0.3) is 0 Å². The zero-order valence-electron chi connectivity index (χ0n) is 8.19. The lowest BCUT2D eigenvalue weighted by Gasteiger charge is -2.05. The Kier molecular flexibility index (Phi) is 3.48. The molecule has 0 aliphatic carbocycles. The molecule has 14 heavy (non-hydrogen) atoms. The molecule has 0 fully saturated rings. The van der Waals surface area contributed by atoms with Crippen LogP contribution in [0.4, 0.5) is 5.95 Å². The molecular weight excluding hydrogens is 204 g/mol. The molecule has 0 saturated carbocycles. The molecule has 0 saturated heterocycles. The lowest BCUT2D eigenvalue weighted by molar-refractivity contribution is 0.588. The van der Waals surface area contributed by atoms with Gasteiger partial charge in [0, 0.05) is 26.0 Å². The Hall–Kier alpha value is -1.08. The van der Waals surface area contributed by atoms with Gasteiger partial charge in [-0.1, -0.05) is 0 Å². The Morgan fingerprint density at radius 2 is 2.29 bits per heavy atom. The number of sulfonamides is 1. The maximum Gasteiger partial charge on any atom is 0.213 e. The van der Waals surface area contributed by atoms with Crippen LogP contribution in [0.5, 0.6) is 0 Å². The van der Waals surface area contributed by atoms with Crippen molar-refractivity contribution in [2.75, 3.05) is 24.7 Å². The Morgan fingerprint density at radius 1 is 1.57 bits per heavy atom. The molecule has 1 aromatic rings. The lowest BCUT2D eigenvalue weighted by atomic mass is 10.7. The van der Waals surface area contributed by atoms with Crippen molar-refractivity contribution >= 4 is 16.0 Å². The number of aryl methyl sites for hydroxylation is 1. The fourth-order valence-corrected chi connectivity index (χ4v) is 1.51. The fraction of sp³-hybridized carbons (Fsp3) is 0.571. The molecule has 0 atom stereocenters. The molecule has 0 radical (unpaired) electrons. The summed E-state index contributed by atoms with van der Waals surface area (Å²) in [6.45, 7) is 0.341. The van der Waals surface area contributed by atoms with E-state index >= 15 is 0 Å². The summed E-state index contributed by atoms with van der Waals surface area (Å²) >= 11 is 0. The Balaban J connectivity index is 2.40. The van der Waals surface area contributed by atoms with E-state index in [1.54, 1.807) is 17.0 Å². The van der Waals surface area contributed by atoms with E-state index in [0.717, 1.165) is 0 Å². The van der Waals surface area contributed by atoms with E-state index in [4.69, 9.17) is 0 Å². The van der Waals surface area contributed by atoms with Crippen molar-refractivity contribution in [2.24, 2.45) is 7.05 Å². The first-order valence-electron chi connectivity index (χ1n) is 4.17. The van der Waals surface area contributed by atoms with Crippen molar-refractivity contribution in [3.8, 4) is 0 Å². The van der Waals surface area contributed by atoms with Crippen LogP contribution in [0.15, 0.2) is 12.4 Å². The third-order valence-corrected chi connectivity index (χ3v) is 3.15. The normalized spacial score (nSPS) is 11.6. The van der Waals surface area contributed by atoms with Gasteiger partial charge in [0.15, 0.2) is 0 Å². The first-order valence-corrected chi connectivity index (χ1v) is 5.83. The molecule has 0 bridgehead atoms. The topological polar surface area (TPSA) is 76.0 Å². The van der Waals surface area contributed by atoms with Crippen molar-refractivity contribution in [1.82, 2.24) is 14.3 Å². The molecule has 7 heteroatoms. The number of hydrogen-bond acceptors (Lipinski definition) is 4. The molecule has 1 aromatic heterocycles. The molecule has 0 aliphatic heterocycles. The van der Waals surface area contributed by atoms with Gasteiger partial charge in [-0.25, -0.2) is 18.1 Å². The number of nitrogens with zero attached hydrogens (tertiary/aromatic N) is 2. The Bertz CT molecular complexity index is 384. The van der Waals surface area contributed by atoms with Crippen LogP contribution in [0.2, 0.25) is 0 Å². The monoisotopic (exact) mass is 218 g/mol. The Morgan fingerprint density at radius 3 is 2.79 bits per heavy atom. The lowest BCUT2D eigenvalue weighted by Crippen LogP contribution is -2.26. The summed E-state index contributed by atoms with van der Waals surface area (Å²) in [5.41, 5.74) is 0. The van der Waals surface area contributed by atoms with Gasteiger partial charge in [-0.15, -0.1) is 0 Å². The molecular formula is C7H14N4O2S. The van der Waals surface area contributed by atoms with Gasteiger partial charge in [-0.05, 0) is 7.05 Å². The van der Waals surface area contributed by atoms with E-state index in [1.165, 1.54) is 7.05 Å². The third kappa shape index (κ3) is 3.00. The zero-order chi connectivity index (χ0) is 10.6. The average Bonchev–Trinajstić information content (AvgIpc) is 2.52. The maximum atomic E-state index is 11.0. The van der Waals surface area contributed by atoms with Crippen LogP contribution >= 0.6 is 0 Å². The van der Waals surface area contributed by atoms with Crippen LogP contribution in [0, 0.1) is 0 Å². The molecule has 1 heterocycles.